The summed E-state index contributed by atoms with van der Waals surface area (Å²) in [6.07, 6.45) is 0. The number of nitrogens with one attached hydrogen (secondary N) is 1. The lowest BCUT2D eigenvalue weighted by atomic mass is 9.95. The molecule has 0 bridgehead atoms. The van der Waals surface area contributed by atoms with Crippen LogP contribution >= 0.6 is 11.8 Å². The largest absolute Gasteiger partial charge is 0.366 e. The number of nitrogens with zero attached hydrogens (tertiary/aromatic N) is 4. The van der Waals surface area contributed by atoms with Crippen molar-refractivity contribution in [3.8, 4) is 0 Å². The van der Waals surface area contributed by atoms with E-state index in [0.29, 0.717) is 33.7 Å². The van der Waals surface area contributed by atoms with Crippen molar-refractivity contribution in [3.63, 3.8) is 0 Å². The smallest absolute Gasteiger partial charge is 0.269 e. The van der Waals surface area contributed by atoms with Crippen LogP contribution in [0.25, 0.3) is 0 Å². The van der Waals surface area contributed by atoms with Gasteiger partial charge in [0.15, 0.2) is 0 Å². The maximum atomic E-state index is 13.4. The van der Waals surface area contributed by atoms with Gasteiger partial charge in [0, 0.05) is 23.6 Å². The van der Waals surface area contributed by atoms with Crippen LogP contribution in [0.5, 0.6) is 0 Å². The lowest BCUT2D eigenvalue weighted by Gasteiger charge is -2.27. The van der Waals surface area contributed by atoms with E-state index in [-0.39, 0.29) is 5.69 Å². The van der Waals surface area contributed by atoms with E-state index in [1.807, 2.05) is 0 Å². The quantitative estimate of drug-likeness (QED) is 0.341. The number of thioether (sulfide) groups is 1. The Morgan fingerprint density at radius 3 is 2.55 bits per heavy atom. The number of benzene rings is 2. The fraction of sp³-hybridized carbons (Fsp3) is 0.150. The maximum absolute atomic E-state index is 13.4. The minimum Gasteiger partial charge on any atom is -0.366 e. The number of anilines is 1. The first-order valence-corrected chi connectivity index (χ1v) is 10.2. The Morgan fingerprint density at radius 1 is 1.26 bits per heavy atom. The van der Waals surface area contributed by atoms with Crippen LogP contribution in [-0.2, 0) is 10.5 Å². The van der Waals surface area contributed by atoms with Gasteiger partial charge in [-0.05, 0) is 30.2 Å². The van der Waals surface area contributed by atoms with Gasteiger partial charge in [0.25, 0.3) is 5.69 Å². The second kappa shape index (κ2) is 8.19. The van der Waals surface area contributed by atoms with Crippen LogP contribution in [0.3, 0.4) is 0 Å². The molecular formula is C20H17FN6O3S. The van der Waals surface area contributed by atoms with Gasteiger partial charge in [-0.25, -0.2) is 9.07 Å². The van der Waals surface area contributed by atoms with Gasteiger partial charge in [-0.2, -0.15) is 4.98 Å². The summed E-state index contributed by atoms with van der Waals surface area (Å²) in [4.78, 5) is 27.0. The number of rotatable bonds is 6. The molecule has 2 heterocycles. The Hall–Kier alpha value is -3.73. The number of nitro groups is 1. The number of primary amides is 1. The van der Waals surface area contributed by atoms with E-state index in [0.717, 1.165) is 5.56 Å². The molecule has 9 nitrogen and oxygen atoms in total. The average molecular weight is 440 g/mol. The molecule has 158 valence electrons. The van der Waals surface area contributed by atoms with Crippen molar-refractivity contribution in [1.82, 2.24) is 14.8 Å². The number of nitro benzene ring substituents is 1. The number of aromatic nitrogens is 3. The SMILES string of the molecule is CC1=C(C(N)=O)C(c2ccc(F)cc2)n2nc(SCc3ccc([N+](=O)[O-])cc3)nc2N1. The number of carbonyl (C=O) groups is 1. The molecule has 3 N–H and O–H groups in total. The monoisotopic (exact) mass is 440 g/mol. The summed E-state index contributed by atoms with van der Waals surface area (Å²) >= 11 is 1.34. The average Bonchev–Trinajstić information content (AvgIpc) is 3.14. The van der Waals surface area contributed by atoms with E-state index in [9.17, 15) is 19.3 Å². The van der Waals surface area contributed by atoms with Gasteiger partial charge in [-0.3, -0.25) is 14.9 Å². The topological polar surface area (TPSA) is 129 Å². The van der Waals surface area contributed by atoms with E-state index >= 15 is 0 Å². The molecule has 1 atom stereocenters. The summed E-state index contributed by atoms with van der Waals surface area (Å²) in [5.74, 6) is -0.0710. The molecule has 0 spiro atoms. The summed E-state index contributed by atoms with van der Waals surface area (Å²) in [7, 11) is 0. The molecule has 2 aromatic carbocycles. The first-order chi connectivity index (χ1) is 14.8. The second-order valence-corrected chi connectivity index (χ2v) is 7.80. The Balaban J connectivity index is 1.62. The van der Waals surface area contributed by atoms with Gasteiger partial charge < -0.3 is 11.1 Å². The van der Waals surface area contributed by atoms with E-state index in [2.05, 4.69) is 15.4 Å². The van der Waals surface area contributed by atoms with Crippen LogP contribution < -0.4 is 11.1 Å². The molecule has 1 aliphatic heterocycles. The van der Waals surface area contributed by atoms with Crippen molar-refractivity contribution in [1.29, 1.82) is 0 Å². The van der Waals surface area contributed by atoms with Gasteiger partial charge >= 0.3 is 0 Å². The standard InChI is InChI=1S/C20H17FN6O3S/c1-11-16(18(22)28)17(13-4-6-14(21)7-5-13)26-19(23-11)24-20(25-26)31-10-12-2-8-15(9-3-12)27(29)30/h2-9,17H,10H2,1H3,(H2,22,28)(H,23,24,25). The first-order valence-electron chi connectivity index (χ1n) is 9.19. The van der Waals surface area contributed by atoms with Crippen LogP contribution in [0.2, 0.25) is 0 Å². The molecule has 11 heteroatoms. The third-order valence-corrected chi connectivity index (χ3v) is 5.71. The zero-order valence-corrected chi connectivity index (χ0v) is 17.1. The minimum absolute atomic E-state index is 0.0243. The predicted molar refractivity (Wildman–Crippen MR) is 113 cm³/mol. The van der Waals surface area contributed by atoms with Crippen molar-refractivity contribution in [3.05, 3.63) is 86.9 Å². The van der Waals surface area contributed by atoms with Gasteiger partial charge in [-0.15, -0.1) is 5.10 Å². The van der Waals surface area contributed by atoms with Gasteiger partial charge in [0.05, 0.1) is 10.5 Å². The number of nitrogens with two attached hydrogens (primary N) is 1. The Bertz CT molecular complexity index is 1190. The summed E-state index contributed by atoms with van der Waals surface area (Å²) in [6.45, 7) is 1.72. The van der Waals surface area contributed by atoms with Crippen LogP contribution in [0, 0.1) is 15.9 Å². The van der Waals surface area contributed by atoms with E-state index in [4.69, 9.17) is 5.73 Å². The van der Waals surface area contributed by atoms with Crippen molar-refractivity contribution < 1.29 is 14.1 Å². The highest BCUT2D eigenvalue weighted by Crippen LogP contribution is 2.36. The summed E-state index contributed by atoms with van der Waals surface area (Å²) in [5, 5.41) is 18.8. The Labute approximate surface area is 180 Å². The number of allylic oxidation sites excluding steroid dienone is 1. The molecule has 1 aliphatic rings. The third kappa shape index (κ3) is 4.12. The number of amides is 1. The van der Waals surface area contributed by atoms with E-state index in [1.54, 1.807) is 35.9 Å². The molecule has 1 amide bonds. The van der Waals surface area contributed by atoms with Gasteiger partial charge in [-0.1, -0.05) is 36.0 Å². The zero-order chi connectivity index (χ0) is 22.1. The molecule has 0 radical (unpaired) electrons. The van der Waals surface area contributed by atoms with Gasteiger partial charge in [0.1, 0.15) is 11.9 Å². The summed E-state index contributed by atoms with van der Waals surface area (Å²) in [6, 6.07) is 11.4. The lowest BCUT2D eigenvalue weighted by molar-refractivity contribution is -0.384. The molecule has 0 fully saturated rings. The van der Waals surface area contributed by atoms with Crippen LogP contribution in [0.1, 0.15) is 24.1 Å². The molecular weight excluding hydrogens is 423 g/mol. The molecule has 1 aromatic heterocycles. The number of carbonyl (C=O) groups excluding carboxylic acids is 1. The summed E-state index contributed by atoms with van der Waals surface area (Å²) in [5.41, 5.74) is 8.03. The number of non-ortho nitro benzene ring substituents is 1. The Kier molecular flexibility index (Phi) is 5.42. The van der Waals surface area contributed by atoms with Crippen molar-refractivity contribution in [2.75, 3.05) is 5.32 Å². The highest BCUT2D eigenvalue weighted by Gasteiger charge is 2.33. The van der Waals surface area contributed by atoms with Crippen molar-refractivity contribution >= 4 is 29.3 Å². The fourth-order valence-corrected chi connectivity index (χ4v) is 4.11. The molecule has 0 saturated carbocycles. The molecule has 1 unspecified atom stereocenters. The lowest BCUT2D eigenvalue weighted by Crippen LogP contribution is -2.31. The zero-order valence-electron chi connectivity index (χ0n) is 16.3. The first kappa shape index (κ1) is 20.5. The predicted octanol–water partition coefficient (Wildman–Crippen LogP) is 3.39. The van der Waals surface area contributed by atoms with Crippen LogP contribution in [0.4, 0.5) is 16.0 Å². The highest BCUT2D eigenvalue weighted by molar-refractivity contribution is 7.98. The van der Waals surface area contributed by atoms with Crippen molar-refractivity contribution in [2.45, 2.75) is 23.9 Å². The minimum atomic E-state index is -0.643. The molecule has 31 heavy (non-hydrogen) atoms. The number of halogens is 1. The summed E-state index contributed by atoms with van der Waals surface area (Å²) < 4.78 is 15.0. The number of fused-ring (bicyclic) bond motifs is 1. The molecule has 0 aliphatic carbocycles. The molecule has 0 saturated heterocycles. The molecule has 4 rings (SSSR count). The molecule has 3 aromatic rings. The Morgan fingerprint density at radius 2 is 1.94 bits per heavy atom. The van der Waals surface area contributed by atoms with Crippen LogP contribution in [0.15, 0.2) is 65.0 Å². The highest BCUT2D eigenvalue weighted by atomic mass is 32.2. The third-order valence-electron chi connectivity index (χ3n) is 4.80. The number of hydrogen-bond acceptors (Lipinski definition) is 7. The van der Waals surface area contributed by atoms with Crippen molar-refractivity contribution in [2.24, 2.45) is 5.73 Å². The van der Waals surface area contributed by atoms with E-state index < -0.39 is 22.7 Å². The normalized spacial score (nSPS) is 15.4. The van der Waals surface area contributed by atoms with Crippen LogP contribution in [-0.4, -0.2) is 25.6 Å². The maximum Gasteiger partial charge on any atom is 0.269 e. The van der Waals surface area contributed by atoms with Gasteiger partial charge in [0.2, 0.25) is 17.0 Å². The number of hydrogen-bond donors (Lipinski definition) is 2. The second-order valence-electron chi connectivity index (χ2n) is 6.86. The fourth-order valence-electron chi connectivity index (χ4n) is 3.33. The van der Waals surface area contributed by atoms with E-state index in [1.165, 1.54) is 36.0 Å².